The van der Waals surface area contributed by atoms with Crippen molar-refractivity contribution in [2.75, 3.05) is 5.75 Å². The maximum atomic E-state index is 12.4. The number of halogens is 6. The number of nitrogens with zero attached hydrogens (tertiary/aromatic N) is 1. The van der Waals surface area contributed by atoms with Crippen LogP contribution in [-0.2, 0) is 10.8 Å². The maximum Gasteiger partial charge on any atom is 0.400 e. The van der Waals surface area contributed by atoms with Gasteiger partial charge in [-0.1, -0.05) is 34.8 Å². The van der Waals surface area contributed by atoms with E-state index in [-0.39, 0.29) is 26.5 Å². The van der Waals surface area contributed by atoms with Crippen LogP contribution in [0.5, 0.6) is 0 Å². The van der Waals surface area contributed by atoms with E-state index in [2.05, 4.69) is 4.99 Å². The van der Waals surface area contributed by atoms with Gasteiger partial charge in [0.25, 0.3) is 0 Å². The first-order chi connectivity index (χ1) is 11.6. The third-order valence-corrected chi connectivity index (χ3v) is 5.32. The zero-order valence-corrected chi connectivity index (χ0v) is 15.4. The molecular weight excluding hydrogens is 420 g/mol. The molecule has 134 valence electrons. The van der Waals surface area contributed by atoms with E-state index < -0.39 is 22.7 Å². The molecule has 1 atom stereocenters. The van der Waals surface area contributed by atoms with Crippen LogP contribution in [-0.4, -0.2) is 22.0 Å². The summed E-state index contributed by atoms with van der Waals surface area (Å²) in [5, 5.41) is 0.428. The molecule has 0 amide bonds. The van der Waals surface area contributed by atoms with Gasteiger partial charge in [-0.25, -0.2) is 4.99 Å². The van der Waals surface area contributed by atoms with Crippen LogP contribution in [0.3, 0.4) is 0 Å². The summed E-state index contributed by atoms with van der Waals surface area (Å²) < 4.78 is 49.2. The second-order valence-electron chi connectivity index (χ2n) is 4.84. The second kappa shape index (κ2) is 7.95. The Labute approximate surface area is 159 Å². The molecule has 0 saturated heterocycles. The molecule has 0 saturated carbocycles. The maximum absolute atomic E-state index is 12.4. The first-order valence-electron chi connectivity index (χ1n) is 6.61. The van der Waals surface area contributed by atoms with Crippen LogP contribution >= 0.6 is 34.8 Å². The molecule has 0 aromatic heterocycles. The minimum Gasteiger partial charge on any atom is -0.383 e. The SMILES string of the molecule is NC(=Nc1cc(S(=O)CC(F)(F)F)c(Cl)cc1Cl)c1ccc(Cl)cc1. The molecule has 10 heteroatoms. The summed E-state index contributed by atoms with van der Waals surface area (Å²) in [6.07, 6.45) is -4.60. The van der Waals surface area contributed by atoms with Crippen LogP contribution in [0.15, 0.2) is 46.3 Å². The van der Waals surface area contributed by atoms with Gasteiger partial charge in [0, 0.05) is 10.6 Å². The van der Waals surface area contributed by atoms with E-state index in [1.165, 1.54) is 6.07 Å². The van der Waals surface area contributed by atoms with Crippen molar-refractivity contribution in [2.45, 2.75) is 11.1 Å². The highest BCUT2D eigenvalue weighted by atomic mass is 35.5. The summed E-state index contributed by atoms with van der Waals surface area (Å²) in [6, 6.07) is 8.76. The van der Waals surface area contributed by atoms with E-state index >= 15 is 0 Å². The van der Waals surface area contributed by atoms with Crippen molar-refractivity contribution in [1.29, 1.82) is 0 Å². The normalized spacial score (nSPS) is 13.8. The number of benzene rings is 2. The highest BCUT2D eigenvalue weighted by Crippen LogP contribution is 2.34. The monoisotopic (exact) mass is 428 g/mol. The standard InChI is InChI=1S/C15H10Cl3F3N2OS/c16-9-3-1-8(2-4-9)14(22)23-12-6-13(11(18)5-10(12)17)25(24)7-15(19,20)21/h1-6H,7H2,(H2,22,23). The fraction of sp³-hybridized carbons (Fsp3) is 0.133. The van der Waals surface area contributed by atoms with Crippen molar-refractivity contribution in [3.05, 3.63) is 57.0 Å². The number of alkyl halides is 3. The number of hydrogen-bond donors (Lipinski definition) is 1. The van der Waals surface area contributed by atoms with Gasteiger partial charge in [-0.2, -0.15) is 13.2 Å². The van der Waals surface area contributed by atoms with Gasteiger partial charge in [-0.3, -0.25) is 4.21 Å². The lowest BCUT2D eigenvalue weighted by molar-refractivity contribution is -0.105. The Kier molecular flexibility index (Phi) is 6.37. The molecule has 0 radical (unpaired) electrons. The minimum atomic E-state index is -4.60. The Morgan fingerprint density at radius 3 is 2.24 bits per heavy atom. The van der Waals surface area contributed by atoms with E-state index in [1.54, 1.807) is 24.3 Å². The Balaban J connectivity index is 2.41. The van der Waals surface area contributed by atoms with Crippen molar-refractivity contribution in [1.82, 2.24) is 0 Å². The van der Waals surface area contributed by atoms with E-state index in [1.807, 2.05) is 0 Å². The predicted molar refractivity (Wildman–Crippen MR) is 95.6 cm³/mol. The Morgan fingerprint density at radius 2 is 1.68 bits per heavy atom. The first-order valence-corrected chi connectivity index (χ1v) is 9.06. The molecule has 1 unspecified atom stereocenters. The van der Waals surface area contributed by atoms with Crippen molar-refractivity contribution in [2.24, 2.45) is 10.7 Å². The lowest BCUT2D eigenvalue weighted by atomic mass is 10.2. The molecule has 3 nitrogen and oxygen atoms in total. The van der Waals surface area contributed by atoms with E-state index in [0.717, 1.165) is 6.07 Å². The van der Waals surface area contributed by atoms with Crippen molar-refractivity contribution in [3.63, 3.8) is 0 Å². The molecule has 0 aliphatic rings. The van der Waals surface area contributed by atoms with Gasteiger partial charge in [0.2, 0.25) is 0 Å². The lowest BCUT2D eigenvalue weighted by Crippen LogP contribution is -2.18. The molecule has 0 aliphatic heterocycles. The summed E-state index contributed by atoms with van der Waals surface area (Å²) in [5.74, 6) is -1.46. The third kappa shape index (κ3) is 5.60. The van der Waals surface area contributed by atoms with Crippen LogP contribution in [0, 0.1) is 0 Å². The van der Waals surface area contributed by atoms with E-state index in [9.17, 15) is 17.4 Å². The molecule has 0 spiro atoms. The fourth-order valence-electron chi connectivity index (χ4n) is 1.82. The summed E-state index contributed by atoms with van der Waals surface area (Å²) in [6.45, 7) is 0. The molecular formula is C15H10Cl3F3N2OS. The van der Waals surface area contributed by atoms with Crippen molar-refractivity contribution >= 4 is 57.1 Å². The molecule has 2 aromatic rings. The zero-order valence-electron chi connectivity index (χ0n) is 12.3. The number of aliphatic imine (C=N–C) groups is 1. The summed E-state index contributed by atoms with van der Waals surface area (Å²) in [7, 11) is -2.39. The van der Waals surface area contributed by atoms with Crippen LogP contribution in [0.25, 0.3) is 0 Å². The topological polar surface area (TPSA) is 55.4 Å². The van der Waals surface area contributed by atoms with Crippen LogP contribution < -0.4 is 5.73 Å². The highest BCUT2D eigenvalue weighted by molar-refractivity contribution is 7.85. The van der Waals surface area contributed by atoms with Crippen LogP contribution in [0.1, 0.15) is 5.56 Å². The molecule has 0 bridgehead atoms. The van der Waals surface area contributed by atoms with Crippen LogP contribution in [0.2, 0.25) is 15.1 Å². The Morgan fingerprint density at radius 1 is 1.08 bits per heavy atom. The zero-order chi connectivity index (χ0) is 18.8. The number of rotatable bonds is 4. The summed E-state index contributed by atoms with van der Waals surface area (Å²) >= 11 is 17.6. The average Bonchev–Trinajstić information content (AvgIpc) is 2.48. The summed E-state index contributed by atoms with van der Waals surface area (Å²) in [4.78, 5) is 3.87. The third-order valence-electron chi connectivity index (χ3n) is 2.92. The quantitative estimate of drug-likeness (QED) is 0.526. The van der Waals surface area contributed by atoms with Gasteiger partial charge in [0.1, 0.15) is 11.6 Å². The molecule has 2 N–H and O–H groups in total. The van der Waals surface area contributed by atoms with Crippen molar-refractivity contribution < 1.29 is 17.4 Å². The highest BCUT2D eigenvalue weighted by Gasteiger charge is 2.32. The number of hydrogen-bond acceptors (Lipinski definition) is 2. The molecule has 25 heavy (non-hydrogen) atoms. The molecule has 2 aromatic carbocycles. The van der Waals surface area contributed by atoms with Gasteiger partial charge >= 0.3 is 6.18 Å². The van der Waals surface area contributed by atoms with Gasteiger partial charge < -0.3 is 5.73 Å². The average molecular weight is 430 g/mol. The smallest absolute Gasteiger partial charge is 0.383 e. The first kappa shape index (κ1) is 20.0. The minimum absolute atomic E-state index is 0.0593. The van der Waals surface area contributed by atoms with Crippen molar-refractivity contribution in [3.8, 4) is 0 Å². The molecule has 0 aliphatic carbocycles. The van der Waals surface area contributed by atoms with Gasteiger partial charge in [0.05, 0.1) is 31.4 Å². The molecule has 0 heterocycles. The predicted octanol–water partition coefficient (Wildman–Crippen LogP) is 5.35. The lowest BCUT2D eigenvalue weighted by Gasteiger charge is -2.10. The van der Waals surface area contributed by atoms with Crippen LogP contribution in [0.4, 0.5) is 18.9 Å². The van der Waals surface area contributed by atoms with E-state index in [0.29, 0.717) is 10.6 Å². The van der Waals surface area contributed by atoms with E-state index in [4.69, 9.17) is 40.5 Å². The van der Waals surface area contributed by atoms with Gasteiger partial charge in [-0.15, -0.1) is 0 Å². The largest absolute Gasteiger partial charge is 0.400 e. The number of amidine groups is 1. The molecule has 2 rings (SSSR count). The number of nitrogens with two attached hydrogens (primary N) is 1. The second-order valence-corrected chi connectivity index (χ2v) is 7.51. The summed E-state index contributed by atoms with van der Waals surface area (Å²) in [5.41, 5.74) is 6.47. The fourth-order valence-corrected chi connectivity index (χ4v) is 3.60. The Hall–Kier alpha value is -1.28. The van der Waals surface area contributed by atoms with Gasteiger partial charge in [-0.05, 0) is 36.4 Å². The molecule has 0 fully saturated rings. The van der Waals surface area contributed by atoms with Gasteiger partial charge in [0.15, 0.2) is 0 Å². The Bertz CT molecular complexity index is 839.